The molecule has 1 aliphatic heterocycles. The van der Waals surface area contributed by atoms with Gasteiger partial charge in [-0.1, -0.05) is 106 Å². The first kappa shape index (κ1) is 36.5. The van der Waals surface area contributed by atoms with Gasteiger partial charge >= 0.3 is 0 Å². The number of nitrogens with zero attached hydrogens (tertiary/aromatic N) is 1. The second-order valence-corrected chi connectivity index (χ2v) is 13.7. The summed E-state index contributed by atoms with van der Waals surface area (Å²) < 4.78 is 13.3. The summed E-state index contributed by atoms with van der Waals surface area (Å²) in [4.78, 5) is 27.8. The van der Waals surface area contributed by atoms with Crippen molar-refractivity contribution in [2.45, 2.75) is 70.6 Å². The average Bonchev–Trinajstić information content (AvgIpc) is 3.99. The number of hydrogen-bond donors (Lipinski definition) is 2. The second-order valence-electron chi connectivity index (χ2n) is 13.7. The van der Waals surface area contributed by atoms with Gasteiger partial charge in [0, 0.05) is 77.1 Å². The van der Waals surface area contributed by atoms with E-state index in [2.05, 4.69) is 127 Å². The average molecular weight is 696 g/mol. The summed E-state index contributed by atoms with van der Waals surface area (Å²) in [5, 5.41) is 3.78. The number of carbonyl (C=O) groups is 2. The minimum absolute atomic E-state index is 0.0290. The lowest BCUT2D eigenvalue weighted by atomic mass is 9.97. The van der Waals surface area contributed by atoms with E-state index in [4.69, 9.17) is 9.47 Å². The summed E-state index contributed by atoms with van der Waals surface area (Å²) in [6, 6.07) is 35.4. The molecule has 0 amide bonds. The highest BCUT2D eigenvalue weighted by Crippen LogP contribution is 2.31. The van der Waals surface area contributed by atoms with Gasteiger partial charge in [-0.15, -0.1) is 0 Å². The third-order valence-electron chi connectivity index (χ3n) is 9.99. The van der Waals surface area contributed by atoms with E-state index in [0.717, 1.165) is 44.3 Å². The summed E-state index contributed by atoms with van der Waals surface area (Å²) >= 11 is 0. The molecule has 7 aromatic rings. The molecule has 8 rings (SSSR count). The van der Waals surface area contributed by atoms with E-state index < -0.39 is 0 Å². The number of rotatable bonds is 11. The smallest absolute Gasteiger partial charge is 0.158 e. The number of carbonyl (C=O) groups excluding carboxylic acids is 2. The Bertz CT molecular complexity index is 2170. The molecule has 7 nitrogen and oxygen atoms in total. The number of aldehydes is 2. The molecular formula is C45H49N3O4. The van der Waals surface area contributed by atoms with Crippen LogP contribution in [-0.2, 0) is 25.6 Å². The minimum Gasteiger partial charge on any atom is -0.361 e. The predicted octanol–water partition coefficient (Wildman–Crippen LogP) is 10.3. The van der Waals surface area contributed by atoms with Crippen molar-refractivity contribution in [3.05, 3.63) is 144 Å². The summed E-state index contributed by atoms with van der Waals surface area (Å²) in [6.07, 6.45) is 10.3. The maximum Gasteiger partial charge on any atom is 0.158 e. The van der Waals surface area contributed by atoms with Crippen LogP contribution in [0.2, 0.25) is 0 Å². The van der Waals surface area contributed by atoms with Gasteiger partial charge in [0.25, 0.3) is 0 Å². The maximum absolute atomic E-state index is 10.8. The SMILES string of the molecule is C[C@H](CC1OCCO1)c1c[nH]c2ccccc12.C[C@H](CC=O)c1c[nH]c2ccccc12.C[C@H](CC=O)c1cn(Cc2ccccc2)c2ccccc12. The Morgan fingerprint density at radius 3 is 1.73 bits per heavy atom. The van der Waals surface area contributed by atoms with Gasteiger partial charge in [-0.25, -0.2) is 0 Å². The van der Waals surface area contributed by atoms with Crippen LogP contribution in [0.5, 0.6) is 0 Å². The zero-order valence-electron chi connectivity index (χ0n) is 30.3. The first-order chi connectivity index (χ1) is 25.5. The van der Waals surface area contributed by atoms with Crippen LogP contribution in [0.15, 0.2) is 122 Å². The Morgan fingerprint density at radius 2 is 1.13 bits per heavy atom. The number of fused-ring (bicyclic) bond motifs is 3. The third kappa shape index (κ3) is 8.79. The number of ether oxygens (including phenoxy) is 2. The number of aromatic amines is 2. The molecule has 0 aliphatic carbocycles. The molecule has 4 heterocycles. The van der Waals surface area contributed by atoms with Crippen LogP contribution in [0.1, 0.15) is 80.0 Å². The maximum atomic E-state index is 10.8. The minimum atomic E-state index is -0.0290. The Balaban J connectivity index is 0.000000137. The molecular weight excluding hydrogens is 647 g/mol. The van der Waals surface area contributed by atoms with E-state index in [1.807, 2.05) is 30.5 Å². The van der Waals surface area contributed by atoms with Crippen molar-refractivity contribution in [3.8, 4) is 0 Å². The lowest BCUT2D eigenvalue weighted by Crippen LogP contribution is -2.11. The van der Waals surface area contributed by atoms with Crippen molar-refractivity contribution < 1.29 is 19.1 Å². The molecule has 0 saturated carbocycles. The highest BCUT2D eigenvalue weighted by Gasteiger charge is 2.21. The molecule has 0 spiro atoms. The van der Waals surface area contributed by atoms with E-state index in [1.54, 1.807) is 0 Å². The van der Waals surface area contributed by atoms with Gasteiger partial charge in [0.15, 0.2) is 6.29 Å². The Hall–Kier alpha value is -5.24. The number of hydrogen-bond acceptors (Lipinski definition) is 4. The van der Waals surface area contributed by atoms with Gasteiger partial charge in [0.2, 0.25) is 0 Å². The number of para-hydroxylation sites is 3. The number of nitrogens with one attached hydrogen (secondary N) is 2. The van der Waals surface area contributed by atoms with Crippen LogP contribution in [0.4, 0.5) is 0 Å². The molecule has 268 valence electrons. The molecule has 3 aromatic heterocycles. The first-order valence-corrected chi connectivity index (χ1v) is 18.3. The Morgan fingerprint density at radius 1 is 0.635 bits per heavy atom. The zero-order valence-corrected chi connectivity index (χ0v) is 30.3. The lowest BCUT2D eigenvalue weighted by molar-refractivity contribution is -0.108. The summed E-state index contributed by atoms with van der Waals surface area (Å²) in [5.74, 6) is 0.988. The van der Waals surface area contributed by atoms with E-state index in [0.29, 0.717) is 24.7 Å². The molecule has 1 saturated heterocycles. The van der Waals surface area contributed by atoms with Gasteiger partial charge in [-0.05, 0) is 58.2 Å². The standard InChI is InChI=1S/C19H19NO.C14H17NO2.C12H13NO/c1-15(11-12-21)18-14-20(13-16-7-3-2-4-8-16)19-10-6-5-9-17(18)19;1-10(8-14-16-6-7-17-14)12-9-15-13-5-3-2-4-11(12)13;1-9(6-7-14)11-8-13-12-5-3-2-4-10(11)12/h2-10,12,14-15H,11,13H2,1H3;2-5,9-10,14-15H,6-8H2,1H3;2-5,7-9,13H,6H2,1H3/t15-;10-;9-/m111/s1. The fourth-order valence-corrected chi connectivity index (χ4v) is 7.08. The quantitative estimate of drug-likeness (QED) is 0.132. The second kappa shape index (κ2) is 17.8. The highest BCUT2D eigenvalue weighted by atomic mass is 16.7. The molecule has 0 bridgehead atoms. The van der Waals surface area contributed by atoms with Crippen LogP contribution in [0.3, 0.4) is 0 Å². The molecule has 1 fully saturated rings. The molecule has 1 aliphatic rings. The lowest BCUT2D eigenvalue weighted by Gasteiger charge is -2.15. The van der Waals surface area contributed by atoms with E-state index in [9.17, 15) is 9.59 Å². The van der Waals surface area contributed by atoms with Crippen LogP contribution in [-0.4, -0.2) is 46.6 Å². The number of aromatic nitrogens is 3. The van der Waals surface area contributed by atoms with Crippen LogP contribution in [0.25, 0.3) is 32.7 Å². The van der Waals surface area contributed by atoms with Crippen molar-refractivity contribution in [1.82, 2.24) is 14.5 Å². The van der Waals surface area contributed by atoms with E-state index in [-0.39, 0.29) is 12.2 Å². The highest BCUT2D eigenvalue weighted by molar-refractivity contribution is 5.86. The fraction of sp³-hybridized carbons (Fsp3) is 0.289. The fourth-order valence-electron chi connectivity index (χ4n) is 7.08. The molecule has 7 heteroatoms. The molecule has 2 N–H and O–H groups in total. The van der Waals surface area contributed by atoms with Crippen molar-refractivity contribution in [2.24, 2.45) is 0 Å². The molecule has 52 heavy (non-hydrogen) atoms. The predicted molar refractivity (Wildman–Crippen MR) is 211 cm³/mol. The van der Waals surface area contributed by atoms with E-state index in [1.165, 1.54) is 49.4 Å². The summed E-state index contributed by atoms with van der Waals surface area (Å²) in [5.41, 5.74) is 8.69. The van der Waals surface area contributed by atoms with Gasteiger partial charge in [0.05, 0.1) is 13.2 Å². The van der Waals surface area contributed by atoms with Crippen LogP contribution in [0, 0.1) is 0 Å². The van der Waals surface area contributed by atoms with Crippen molar-refractivity contribution >= 4 is 45.3 Å². The van der Waals surface area contributed by atoms with Crippen molar-refractivity contribution in [3.63, 3.8) is 0 Å². The topological polar surface area (TPSA) is 89.1 Å². The molecule has 3 atom stereocenters. The molecule has 0 radical (unpaired) electrons. The summed E-state index contributed by atoms with van der Waals surface area (Å²) in [6.45, 7) is 8.72. The van der Waals surface area contributed by atoms with Crippen molar-refractivity contribution in [1.29, 1.82) is 0 Å². The Kier molecular flexibility index (Phi) is 12.5. The van der Waals surface area contributed by atoms with Gasteiger partial charge in [0.1, 0.15) is 12.6 Å². The normalized spacial score (nSPS) is 14.7. The zero-order chi connectivity index (χ0) is 36.3. The molecule has 0 unspecified atom stereocenters. The largest absolute Gasteiger partial charge is 0.361 e. The van der Waals surface area contributed by atoms with E-state index >= 15 is 0 Å². The van der Waals surface area contributed by atoms with Crippen molar-refractivity contribution in [2.75, 3.05) is 13.2 Å². The van der Waals surface area contributed by atoms with Gasteiger partial charge in [-0.3, -0.25) is 0 Å². The number of H-pyrrole nitrogens is 2. The molecule has 4 aromatic carbocycles. The monoisotopic (exact) mass is 695 g/mol. The van der Waals surface area contributed by atoms with Crippen LogP contribution < -0.4 is 0 Å². The Labute approximate surface area is 306 Å². The van der Waals surface area contributed by atoms with Gasteiger partial charge in [-0.2, -0.15) is 0 Å². The number of benzene rings is 4. The first-order valence-electron chi connectivity index (χ1n) is 18.3. The van der Waals surface area contributed by atoms with Crippen LogP contribution >= 0.6 is 0 Å². The van der Waals surface area contributed by atoms with Gasteiger partial charge < -0.3 is 33.6 Å². The summed E-state index contributed by atoms with van der Waals surface area (Å²) in [7, 11) is 0. The third-order valence-corrected chi connectivity index (χ3v) is 9.99.